The molecule has 2 fully saturated rings. The Balaban J connectivity index is 1.32. The molecule has 2 aliphatic rings. The van der Waals surface area contributed by atoms with E-state index < -0.39 is 10.0 Å². The van der Waals surface area contributed by atoms with Crippen molar-refractivity contribution < 1.29 is 18.0 Å². The standard InChI is InChI=1S/C23H26ClN3O4S/c24-19-4-1-3-17(15-19)16-25-23(29)18-10-13-26(14-11-18)32(30,31)21-8-6-20(7-9-21)27-12-2-5-22(27)28/h1,3-4,6-9,15,18H,2,5,10-14,16H2,(H,25,29). The van der Waals surface area contributed by atoms with Crippen LogP contribution in [-0.2, 0) is 26.2 Å². The largest absolute Gasteiger partial charge is 0.352 e. The van der Waals surface area contributed by atoms with Gasteiger partial charge in [-0.05, 0) is 61.2 Å². The van der Waals surface area contributed by atoms with Gasteiger partial charge in [0.1, 0.15) is 0 Å². The minimum Gasteiger partial charge on any atom is -0.352 e. The Bertz CT molecular complexity index is 1100. The SMILES string of the molecule is O=C(NCc1cccc(Cl)c1)C1CCN(S(=O)(=O)c2ccc(N3CCCC3=O)cc2)CC1. The average Bonchev–Trinajstić information content (AvgIpc) is 3.23. The molecule has 2 amide bonds. The van der Waals surface area contributed by atoms with Crippen LogP contribution in [0.4, 0.5) is 5.69 Å². The molecule has 2 saturated heterocycles. The lowest BCUT2D eigenvalue weighted by atomic mass is 9.97. The van der Waals surface area contributed by atoms with Crippen LogP contribution in [0.2, 0.25) is 5.02 Å². The van der Waals surface area contributed by atoms with Crippen molar-refractivity contribution in [1.29, 1.82) is 0 Å². The monoisotopic (exact) mass is 475 g/mol. The smallest absolute Gasteiger partial charge is 0.243 e. The van der Waals surface area contributed by atoms with Gasteiger partial charge < -0.3 is 10.2 Å². The summed E-state index contributed by atoms with van der Waals surface area (Å²) in [5, 5.41) is 3.54. The number of nitrogens with one attached hydrogen (secondary N) is 1. The summed E-state index contributed by atoms with van der Waals surface area (Å²) in [7, 11) is -3.64. The van der Waals surface area contributed by atoms with E-state index in [2.05, 4.69) is 5.32 Å². The Morgan fingerprint density at radius 3 is 2.41 bits per heavy atom. The predicted octanol–water partition coefficient (Wildman–Crippen LogP) is 3.18. The highest BCUT2D eigenvalue weighted by molar-refractivity contribution is 7.89. The zero-order chi connectivity index (χ0) is 22.7. The first-order valence-corrected chi connectivity index (χ1v) is 12.6. The van der Waals surface area contributed by atoms with Crippen molar-refractivity contribution in [3.63, 3.8) is 0 Å². The zero-order valence-corrected chi connectivity index (χ0v) is 19.2. The molecule has 0 spiro atoms. The number of benzene rings is 2. The molecule has 9 heteroatoms. The van der Waals surface area contributed by atoms with E-state index in [0.717, 1.165) is 17.7 Å². The van der Waals surface area contributed by atoms with Crippen molar-refractivity contribution in [2.24, 2.45) is 5.92 Å². The van der Waals surface area contributed by atoms with Gasteiger partial charge in [0.2, 0.25) is 21.8 Å². The second-order valence-electron chi connectivity index (χ2n) is 8.17. The van der Waals surface area contributed by atoms with Crippen molar-refractivity contribution in [3.8, 4) is 0 Å². The van der Waals surface area contributed by atoms with Crippen LogP contribution >= 0.6 is 11.6 Å². The molecule has 4 rings (SSSR count). The quantitative estimate of drug-likeness (QED) is 0.695. The molecule has 7 nitrogen and oxygen atoms in total. The van der Waals surface area contributed by atoms with Crippen molar-refractivity contribution in [2.45, 2.75) is 37.1 Å². The fraction of sp³-hybridized carbons (Fsp3) is 0.391. The third-order valence-electron chi connectivity index (χ3n) is 6.04. The third-order valence-corrected chi connectivity index (χ3v) is 8.19. The van der Waals surface area contributed by atoms with Gasteiger partial charge in [-0.2, -0.15) is 4.31 Å². The Morgan fingerprint density at radius 2 is 1.78 bits per heavy atom. The Hall–Kier alpha value is -2.42. The maximum atomic E-state index is 13.0. The lowest BCUT2D eigenvalue weighted by Gasteiger charge is -2.30. The highest BCUT2D eigenvalue weighted by Crippen LogP contribution is 2.27. The number of hydrogen-bond acceptors (Lipinski definition) is 4. The summed E-state index contributed by atoms with van der Waals surface area (Å²) < 4.78 is 27.5. The second-order valence-corrected chi connectivity index (χ2v) is 10.5. The van der Waals surface area contributed by atoms with E-state index in [0.29, 0.717) is 50.5 Å². The van der Waals surface area contributed by atoms with Crippen LogP contribution in [-0.4, -0.2) is 44.2 Å². The van der Waals surface area contributed by atoms with Gasteiger partial charge in [0.05, 0.1) is 4.90 Å². The van der Waals surface area contributed by atoms with E-state index >= 15 is 0 Å². The molecule has 170 valence electrons. The van der Waals surface area contributed by atoms with Crippen LogP contribution in [0.1, 0.15) is 31.2 Å². The summed E-state index contributed by atoms with van der Waals surface area (Å²) in [6, 6.07) is 13.8. The molecule has 0 aliphatic carbocycles. The summed E-state index contributed by atoms with van der Waals surface area (Å²) in [5.74, 6) is -0.220. The third kappa shape index (κ3) is 4.98. The number of carbonyl (C=O) groups excluding carboxylic acids is 2. The van der Waals surface area contributed by atoms with Crippen LogP contribution in [0.3, 0.4) is 0 Å². The molecule has 32 heavy (non-hydrogen) atoms. The molecular weight excluding hydrogens is 450 g/mol. The van der Waals surface area contributed by atoms with E-state index in [1.54, 1.807) is 35.2 Å². The highest BCUT2D eigenvalue weighted by Gasteiger charge is 2.32. The van der Waals surface area contributed by atoms with Crippen molar-refractivity contribution in [1.82, 2.24) is 9.62 Å². The maximum absolute atomic E-state index is 13.0. The van der Waals surface area contributed by atoms with Crippen LogP contribution in [0.25, 0.3) is 0 Å². The van der Waals surface area contributed by atoms with Gasteiger partial charge in [0.25, 0.3) is 0 Å². The Labute approximate surface area is 193 Å². The van der Waals surface area contributed by atoms with Crippen molar-refractivity contribution in [2.75, 3.05) is 24.5 Å². The molecule has 0 atom stereocenters. The molecule has 0 bridgehead atoms. The summed E-state index contributed by atoms with van der Waals surface area (Å²) in [4.78, 5) is 26.3. The van der Waals surface area contributed by atoms with Gasteiger partial charge in [-0.1, -0.05) is 23.7 Å². The number of amides is 2. The first-order valence-electron chi connectivity index (χ1n) is 10.8. The predicted molar refractivity (Wildman–Crippen MR) is 123 cm³/mol. The normalized spacial score (nSPS) is 18.2. The molecular formula is C23H26ClN3O4S. The summed E-state index contributed by atoms with van der Waals surface area (Å²) >= 11 is 5.97. The molecule has 1 N–H and O–H groups in total. The molecule has 0 unspecified atom stereocenters. The van der Waals surface area contributed by atoms with Gasteiger partial charge in [-0.25, -0.2) is 8.42 Å². The summed E-state index contributed by atoms with van der Waals surface area (Å²) in [5.41, 5.74) is 1.64. The van der Waals surface area contributed by atoms with E-state index in [-0.39, 0.29) is 22.6 Å². The van der Waals surface area contributed by atoms with Gasteiger partial charge >= 0.3 is 0 Å². The van der Waals surface area contributed by atoms with Gasteiger partial charge in [0.15, 0.2) is 0 Å². The van der Waals surface area contributed by atoms with E-state index in [1.165, 1.54) is 4.31 Å². The summed E-state index contributed by atoms with van der Waals surface area (Å²) in [6.45, 7) is 1.65. The van der Waals surface area contributed by atoms with E-state index in [9.17, 15) is 18.0 Å². The molecule has 2 aromatic carbocycles. The second kappa shape index (κ2) is 9.60. The lowest BCUT2D eigenvalue weighted by molar-refractivity contribution is -0.126. The summed E-state index contributed by atoms with van der Waals surface area (Å²) in [6.07, 6.45) is 2.30. The van der Waals surface area contributed by atoms with E-state index in [1.807, 2.05) is 18.2 Å². The van der Waals surface area contributed by atoms with E-state index in [4.69, 9.17) is 11.6 Å². The highest BCUT2D eigenvalue weighted by atomic mass is 35.5. The molecule has 0 saturated carbocycles. The first-order chi connectivity index (χ1) is 15.3. The van der Waals surface area contributed by atoms with Crippen LogP contribution in [0.15, 0.2) is 53.4 Å². The molecule has 2 aliphatic heterocycles. The minimum atomic E-state index is -3.64. The van der Waals surface area contributed by atoms with Crippen LogP contribution in [0, 0.1) is 5.92 Å². The number of sulfonamides is 1. The van der Waals surface area contributed by atoms with Gasteiger partial charge in [-0.15, -0.1) is 0 Å². The molecule has 2 heterocycles. The topological polar surface area (TPSA) is 86.8 Å². The minimum absolute atomic E-state index is 0.0660. The lowest BCUT2D eigenvalue weighted by Crippen LogP contribution is -2.42. The fourth-order valence-corrected chi connectivity index (χ4v) is 5.89. The van der Waals surface area contributed by atoms with Gasteiger partial charge in [-0.3, -0.25) is 9.59 Å². The van der Waals surface area contributed by atoms with Crippen molar-refractivity contribution >= 4 is 39.1 Å². The Kier molecular flexibility index (Phi) is 6.83. The average molecular weight is 476 g/mol. The van der Waals surface area contributed by atoms with Crippen molar-refractivity contribution in [3.05, 3.63) is 59.1 Å². The first kappa shape index (κ1) is 22.8. The molecule has 0 aromatic heterocycles. The van der Waals surface area contributed by atoms with Crippen LogP contribution < -0.4 is 10.2 Å². The van der Waals surface area contributed by atoms with Crippen LogP contribution in [0.5, 0.6) is 0 Å². The maximum Gasteiger partial charge on any atom is 0.243 e. The number of hydrogen-bond donors (Lipinski definition) is 1. The number of rotatable bonds is 6. The molecule has 2 aromatic rings. The molecule has 0 radical (unpaired) electrons. The zero-order valence-electron chi connectivity index (χ0n) is 17.7. The Morgan fingerprint density at radius 1 is 1.06 bits per heavy atom. The number of anilines is 1. The van der Waals surface area contributed by atoms with Gasteiger partial charge in [0, 0.05) is 49.2 Å². The number of carbonyl (C=O) groups is 2. The number of piperidine rings is 1. The fourth-order valence-electron chi connectivity index (χ4n) is 4.21. The number of halogens is 1. The number of nitrogens with zero attached hydrogens (tertiary/aromatic N) is 2.